The minimum Gasteiger partial charge on any atom is -0.471 e. The van der Waals surface area contributed by atoms with Crippen molar-refractivity contribution in [3.05, 3.63) is 91.3 Å². The molecule has 4 aromatic rings. The van der Waals surface area contributed by atoms with Crippen LogP contribution in [-0.2, 0) is 13.2 Å². The number of ether oxygens (including phenoxy) is 1. The zero-order valence-electron chi connectivity index (χ0n) is 18.9. The van der Waals surface area contributed by atoms with Crippen LogP contribution in [-0.4, -0.2) is 42.3 Å². The van der Waals surface area contributed by atoms with E-state index in [-0.39, 0.29) is 47.1 Å². The van der Waals surface area contributed by atoms with Crippen molar-refractivity contribution in [2.75, 3.05) is 6.61 Å². The third-order valence-electron chi connectivity index (χ3n) is 5.38. The van der Waals surface area contributed by atoms with Crippen LogP contribution in [0.15, 0.2) is 52.3 Å². The molecule has 3 N–H and O–H groups in total. The molecule has 0 saturated heterocycles. The Bertz CT molecular complexity index is 1660. The van der Waals surface area contributed by atoms with Crippen LogP contribution < -0.4 is 21.7 Å². The Morgan fingerprint density at radius 3 is 2.51 bits per heavy atom. The molecule has 2 aromatic carbocycles. The van der Waals surface area contributed by atoms with Gasteiger partial charge in [-0.3, -0.25) is 14.2 Å². The second kappa shape index (κ2) is 10.3. The third-order valence-corrected chi connectivity index (χ3v) is 5.71. The van der Waals surface area contributed by atoms with E-state index >= 15 is 0 Å². The van der Waals surface area contributed by atoms with E-state index in [0.717, 1.165) is 21.5 Å². The van der Waals surface area contributed by atoms with Crippen LogP contribution in [0.3, 0.4) is 0 Å². The largest absolute Gasteiger partial charge is 0.471 e. The van der Waals surface area contributed by atoms with Gasteiger partial charge in [0.15, 0.2) is 5.02 Å². The Labute approximate surface area is 210 Å². The highest BCUT2D eigenvalue weighted by Gasteiger charge is 2.21. The number of aromatic nitrogens is 4. The number of hydrogen-bond acceptors (Lipinski definition) is 7. The van der Waals surface area contributed by atoms with Crippen molar-refractivity contribution in [3.8, 4) is 5.88 Å². The first-order chi connectivity index (χ1) is 17.6. The van der Waals surface area contributed by atoms with Crippen molar-refractivity contribution >= 4 is 34.6 Å². The van der Waals surface area contributed by atoms with Gasteiger partial charge in [0.2, 0.25) is 11.8 Å². The van der Waals surface area contributed by atoms with E-state index in [2.05, 4.69) is 4.98 Å². The number of aliphatic hydroxyl groups is 1. The van der Waals surface area contributed by atoms with Crippen molar-refractivity contribution in [2.24, 2.45) is 5.73 Å². The number of nitrogens with zero attached hydrogens (tertiary/aromatic N) is 4. The average molecular weight is 534 g/mol. The molecular weight excluding hydrogens is 516 g/mol. The molecule has 2 aromatic heterocycles. The summed E-state index contributed by atoms with van der Waals surface area (Å²) in [5, 5.41) is 8.66. The van der Waals surface area contributed by atoms with Crippen LogP contribution in [0.4, 0.5) is 13.6 Å². The van der Waals surface area contributed by atoms with E-state index in [9.17, 15) is 28.0 Å². The number of benzene rings is 2. The molecule has 14 heteroatoms. The standard InChI is InChI=1S/C23H18ClF2N5O6/c24-19-20(37-10-13-2-3-14(25)8-15(13)26)28-11-29(21(19)34)9-12-1-4-16-17(7-12)31(22(27)35)23(36)30(16)18(33)5-6-32/h1-4,7-8,11,32H,5-6,9-10H2,(H2,27,35). The monoisotopic (exact) mass is 533 g/mol. The van der Waals surface area contributed by atoms with Crippen LogP contribution in [0.2, 0.25) is 5.02 Å². The molecule has 0 aliphatic rings. The smallest absolute Gasteiger partial charge is 0.344 e. The van der Waals surface area contributed by atoms with Gasteiger partial charge in [0.25, 0.3) is 5.56 Å². The lowest BCUT2D eigenvalue weighted by Gasteiger charge is -2.11. The molecule has 192 valence electrons. The van der Waals surface area contributed by atoms with E-state index in [4.69, 9.17) is 27.2 Å². The molecule has 0 spiro atoms. The summed E-state index contributed by atoms with van der Waals surface area (Å²) in [5.41, 5.74) is 4.21. The SMILES string of the molecule is NC(=O)n1c(=O)n(C(=O)CCO)c2ccc(Cn3cnc(OCc4ccc(F)cc4F)c(Cl)c3=O)cc21. The van der Waals surface area contributed by atoms with Gasteiger partial charge in [-0.15, -0.1) is 0 Å². The van der Waals surface area contributed by atoms with Gasteiger partial charge in [-0.05, 0) is 29.8 Å². The summed E-state index contributed by atoms with van der Waals surface area (Å²) in [4.78, 5) is 53.6. The molecule has 0 atom stereocenters. The van der Waals surface area contributed by atoms with Gasteiger partial charge < -0.3 is 15.6 Å². The van der Waals surface area contributed by atoms with E-state index in [1.54, 1.807) is 0 Å². The molecule has 37 heavy (non-hydrogen) atoms. The van der Waals surface area contributed by atoms with E-state index < -0.39 is 41.4 Å². The van der Waals surface area contributed by atoms with Crippen LogP contribution in [0.5, 0.6) is 5.88 Å². The third kappa shape index (κ3) is 4.99. The van der Waals surface area contributed by atoms with Crippen molar-refractivity contribution in [2.45, 2.75) is 19.6 Å². The number of carbonyl (C=O) groups is 2. The van der Waals surface area contributed by atoms with Gasteiger partial charge in [-0.25, -0.2) is 32.5 Å². The molecular formula is C23H18ClF2N5O6. The van der Waals surface area contributed by atoms with E-state index in [0.29, 0.717) is 16.2 Å². The first kappa shape index (κ1) is 25.7. The molecule has 4 rings (SSSR count). The van der Waals surface area contributed by atoms with Gasteiger partial charge in [0.05, 0.1) is 30.6 Å². The van der Waals surface area contributed by atoms with E-state index in [1.807, 2.05) is 0 Å². The normalized spacial score (nSPS) is 11.1. The topological polar surface area (TPSA) is 151 Å². The molecule has 1 amide bonds. The number of halogens is 3. The average Bonchev–Trinajstić information content (AvgIpc) is 3.14. The molecule has 0 saturated carbocycles. The number of nitrogens with two attached hydrogens (primary N) is 1. The lowest BCUT2D eigenvalue weighted by Crippen LogP contribution is -2.35. The number of hydrogen-bond donors (Lipinski definition) is 2. The quantitative estimate of drug-likeness (QED) is 0.368. The number of carbonyl (C=O) groups excluding carboxylic acids is 2. The zero-order valence-corrected chi connectivity index (χ0v) is 19.6. The summed E-state index contributed by atoms with van der Waals surface area (Å²) in [7, 11) is 0. The molecule has 11 nitrogen and oxygen atoms in total. The van der Waals surface area contributed by atoms with Crippen molar-refractivity contribution < 1.29 is 28.2 Å². The van der Waals surface area contributed by atoms with Gasteiger partial charge in [-0.2, -0.15) is 0 Å². The molecule has 2 heterocycles. The lowest BCUT2D eigenvalue weighted by molar-refractivity contribution is 0.0876. The number of aliphatic hydroxyl groups excluding tert-OH is 1. The minimum absolute atomic E-state index is 0.0228. The predicted molar refractivity (Wildman–Crippen MR) is 127 cm³/mol. The summed E-state index contributed by atoms with van der Waals surface area (Å²) in [6.07, 6.45) is 0.785. The molecule has 0 aliphatic heterocycles. The Kier molecular flexibility index (Phi) is 7.18. The van der Waals surface area contributed by atoms with Crippen molar-refractivity contribution in [1.82, 2.24) is 18.7 Å². The number of imidazole rings is 1. The second-order valence-electron chi connectivity index (χ2n) is 7.80. The number of primary amides is 1. The van der Waals surface area contributed by atoms with E-state index in [1.165, 1.54) is 24.3 Å². The fourth-order valence-electron chi connectivity index (χ4n) is 3.65. The minimum atomic E-state index is -1.12. The van der Waals surface area contributed by atoms with Crippen molar-refractivity contribution in [1.29, 1.82) is 0 Å². The summed E-state index contributed by atoms with van der Waals surface area (Å²) >= 11 is 6.10. The summed E-state index contributed by atoms with van der Waals surface area (Å²) < 4.78 is 34.7. The highest BCUT2D eigenvalue weighted by molar-refractivity contribution is 6.31. The van der Waals surface area contributed by atoms with Gasteiger partial charge in [-0.1, -0.05) is 17.7 Å². The molecule has 0 aliphatic carbocycles. The zero-order chi connectivity index (χ0) is 26.9. The highest BCUT2D eigenvalue weighted by atomic mass is 35.5. The molecule has 0 unspecified atom stereocenters. The van der Waals surface area contributed by atoms with Gasteiger partial charge in [0, 0.05) is 11.6 Å². The number of rotatable bonds is 7. The fourth-order valence-corrected chi connectivity index (χ4v) is 3.86. The Balaban J connectivity index is 1.63. The maximum atomic E-state index is 13.8. The van der Waals surface area contributed by atoms with Crippen LogP contribution in [0.25, 0.3) is 11.0 Å². The van der Waals surface area contributed by atoms with Crippen LogP contribution >= 0.6 is 11.6 Å². The molecule has 0 bridgehead atoms. The second-order valence-corrected chi connectivity index (χ2v) is 8.18. The Hall–Kier alpha value is -4.36. The van der Waals surface area contributed by atoms with Gasteiger partial charge >= 0.3 is 11.7 Å². The number of fused-ring (bicyclic) bond motifs is 1. The number of amides is 1. The lowest BCUT2D eigenvalue weighted by atomic mass is 10.2. The Morgan fingerprint density at radius 1 is 1.08 bits per heavy atom. The van der Waals surface area contributed by atoms with Crippen LogP contribution in [0.1, 0.15) is 22.3 Å². The first-order valence-electron chi connectivity index (χ1n) is 10.6. The maximum Gasteiger partial charge on any atom is 0.344 e. The summed E-state index contributed by atoms with van der Waals surface area (Å²) in [6.45, 7) is -0.950. The maximum absolute atomic E-state index is 13.8. The van der Waals surface area contributed by atoms with Crippen LogP contribution in [0, 0.1) is 11.6 Å². The molecule has 0 radical (unpaired) electrons. The first-order valence-corrected chi connectivity index (χ1v) is 11.0. The predicted octanol–water partition coefficient (Wildman–Crippen LogP) is 1.87. The summed E-state index contributed by atoms with van der Waals surface area (Å²) in [5.74, 6) is -2.57. The molecule has 0 fully saturated rings. The summed E-state index contributed by atoms with van der Waals surface area (Å²) in [6, 6.07) is 6.12. The fraction of sp³-hybridized carbons (Fsp3) is 0.174. The highest BCUT2D eigenvalue weighted by Crippen LogP contribution is 2.20. The van der Waals surface area contributed by atoms with Gasteiger partial charge in [0.1, 0.15) is 24.6 Å². The Morgan fingerprint density at radius 2 is 1.84 bits per heavy atom. The van der Waals surface area contributed by atoms with Crippen molar-refractivity contribution in [3.63, 3.8) is 0 Å².